The minimum Gasteiger partial charge on any atom is -0.337 e. The number of rotatable bonds is 3. The lowest BCUT2D eigenvalue weighted by Crippen LogP contribution is -2.41. The summed E-state index contributed by atoms with van der Waals surface area (Å²) in [7, 11) is 1.79. The number of nitrogens with zero attached hydrogens (tertiary/aromatic N) is 6. The van der Waals surface area contributed by atoms with E-state index in [1.165, 1.54) is 0 Å². The molecule has 0 bridgehead atoms. The minimum absolute atomic E-state index is 0.0861. The van der Waals surface area contributed by atoms with Crippen molar-refractivity contribution in [2.24, 2.45) is 13.0 Å². The molecule has 0 spiro atoms. The largest absolute Gasteiger partial charge is 0.337 e. The molecule has 118 valence electrons. The van der Waals surface area contributed by atoms with Gasteiger partial charge in [0.05, 0.1) is 16.9 Å². The number of hydrogen-bond acceptors (Lipinski definition) is 4. The zero-order valence-electron chi connectivity index (χ0n) is 12.7. The van der Waals surface area contributed by atoms with E-state index in [4.69, 9.17) is 11.6 Å². The van der Waals surface area contributed by atoms with Gasteiger partial charge in [-0.05, 0) is 25.7 Å². The number of carbonyl (C=O) groups is 1. The van der Waals surface area contributed by atoms with Crippen LogP contribution in [0, 0.1) is 12.8 Å². The number of aryl methyl sites for hydroxylation is 1. The fraction of sp³-hybridized carbons (Fsp3) is 0.571. The molecule has 1 atom stereocenters. The monoisotopic (exact) mass is 322 g/mol. The molecule has 7 nitrogen and oxygen atoms in total. The van der Waals surface area contributed by atoms with Crippen LogP contribution >= 0.6 is 11.6 Å². The summed E-state index contributed by atoms with van der Waals surface area (Å²) in [6, 6.07) is 0. The van der Waals surface area contributed by atoms with Gasteiger partial charge in [-0.1, -0.05) is 16.8 Å². The third-order valence-corrected chi connectivity index (χ3v) is 4.64. The van der Waals surface area contributed by atoms with Gasteiger partial charge < -0.3 is 4.90 Å². The van der Waals surface area contributed by atoms with E-state index in [1.807, 2.05) is 22.7 Å². The van der Waals surface area contributed by atoms with Crippen molar-refractivity contribution in [3.05, 3.63) is 28.8 Å². The summed E-state index contributed by atoms with van der Waals surface area (Å²) < 4.78 is 3.46. The summed E-state index contributed by atoms with van der Waals surface area (Å²) in [6.45, 7) is 4.08. The van der Waals surface area contributed by atoms with Gasteiger partial charge in [-0.2, -0.15) is 5.10 Å². The van der Waals surface area contributed by atoms with E-state index in [2.05, 4.69) is 15.4 Å². The smallest absolute Gasteiger partial charge is 0.275 e. The molecular formula is C14H19ClN6O. The lowest BCUT2D eigenvalue weighted by molar-refractivity contribution is 0.0653. The quantitative estimate of drug-likeness (QED) is 0.859. The Bertz CT molecular complexity index is 665. The van der Waals surface area contributed by atoms with Crippen LogP contribution < -0.4 is 0 Å². The Morgan fingerprint density at radius 1 is 1.50 bits per heavy atom. The van der Waals surface area contributed by atoms with E-state index in [0.717, 1.165) is 31.6 Å². The van der Waals surface area contributed by atoms with Crippen LogP contribution in [0.1, 0.15) is 29.0 Å². The van der Waals surface area contributed by atoms with Crippen LogP contribution in [0.2, 0.25) is 5.02 Å². The Morgan fingerprint density at radius 3 is 2.95 bits per heavy atom. The van der Waals surface area contributed by atoms with Gasteiger partial charge in [0, 0.05) is 32.9 Å². The summed E-state index contributed by atoms with van der Waals surface area (Å²) in [4.78, 5) is 14.5. The Morgan fingerprint density at radius 2 is 2.32 bits per heavy atom. The molecule has 0 radical (unpaired) electrons. The van der Waals surface area contributed by atoms with Gasteiger partial charge in [-0.15, -0.1) is 5.10 Å². The summed E-state index contributed by atoms with van der Waals surface area (Å²) in [5.74, 6) is 0.292. The molecule has 0 aromatic carbocycles. The van der Waals surface area contributed by atoms with Crippen LogP contribution in [-0.4, -0.2) is 48.7 Å². The van der Waals surface area contributed by atoms with Crippen LogP contribution in [0.3, 0.4) is 0 Å². The molecule has 2 aromatic rings. The van der Waals surface area contributed by atoms with Crippen LogP contribution in [-0.2, 0) is 13.6 Å². The molecule has 2 aromatic heterocycles. The highest BCUT2D eigenvalue weighted by Crippen LogP contribution is 2.24. The number of aromatic nitrogens is 5. The maximum absolute atomic E-state index is 12.7. The number of amides is 1. The first-order chi connectivity index (χ1) is 10.6. The van der Waals surface area contributed by atoms with Gasteiger partial charge in [0.25, 0.3) is 5.91 Å². The SMILES string of the molecule is Cc1c(Cl)c(C(=O)N2CCCC(Cn3ccnn3)C2)nn1C. The summed E-state index contributed by atoms with van der Waals surface area (Å²) in [5, 5.41) is 12.5. The summed E-state index contributed by atoms with van der Waals surface area (Å²) in [5.41, 5.74) is 1.16. The Balaban J connectivity index is 1.71. The van der Waals surface area contributed by atoms with Gasteiger partial charge in [0.15, 0.2) is 5.69 Å². The molecule has 1 aliphatic rings. The molecule has 1 fully saturated rings. The van der Waals surface area contributed by atoms with Gasteiger partial charge in [-0.3, -0.25) is 14.2 Å². The van der Waals surface area contributed by atoms with Crippen molar-refractivity contribution in [2.75, 3.05) is 13.1 Å². The summed E-state index contributed by atoms with van der Waals surface area (Å²) >= 11 is 6.23. The van der Waals surface area contributed by atoms with E-state index in [9.17, 15) is 4.79 Å². The molecule has 1 saturated heterocycles. The van der Waals surface area contributed by atoms with E-state index in [1.54, 1.807) is 17.9 Å². The van der Waals surface area contributed by atoms with Crippen LogP contribution in [0.4, 0.5) is 0 Å². The van der Waals surface area contributed by atoms with Crippen LogP contribution in [0.25, 0.3) is 0 Å². The molecular weight excluding hydrogens is 304 g/mol. The maximum atomic E-state index is 12.7. The first-order valence-corrected chi connectivity index (χ1v) is 7.76. The van der Waals surface area contributed by atoms with Gasteiger partial charge in [0.2, 0.25) is 0 Å². The number of halogens is 1. The van der Waals surface area contributed by atoms with Crippen molar-refractivity contribution >= 4 is 17.5 Å². The second-order valence-electron chi connectivity index (χ2n) is 5.76. The highest BCUT2D eigenvalue weighted by molar-refractivity contribution is 6.34. The van der Waals surface area contributed by atoms with Crippen LogP contribution in [0.15, 0.2) is 12.4 Å². The predicted octanol–water partition coefficient (Wildman–Crippen LogP) is 1.53. The van der Waals surface area contributed by atoms with Crippen molar-refractivity contribution in [3.63, 3.8) is 0 Å². The average molecular weight is 323 g/mol. The first kappa shape index (κ1) is 15.0. The van der Waals surface area contributed by atoms with E-state index in [0.29, 0.717) is 23.2 Å². The van der Waals surface area contributed by atoms with E-state index < -0.39 is 0 Å². The fourth-order valence-electron chi connectivity index (χ4n) is 2.86. The molecule has 1 unspecified atom stereocenters. The van der Waals surface area contributed by atoms with E-state index >= 15 is 0 Å². The van der Waals surface area contributed by atoms with Crippen molar-refractivity contribution in [3.8, 4) is 0 Å². The Labute approximate surface area is 133 Å². The number of piperidine rings is 1. The van der Waals surface area contributed by atoms with Crippen molar-refractivity contribution in [2.45, 2.75) is 26.3 Å². The molecule has 0 N–H and O–H groups in total. The Kier molecular flexibility index (Phi) is 4.15. The molecule has 0 aliphatic carbocycles. The molecule has 3 rings (SSSR count). The molecule has 3 heterocycles. The number of hydrogen-bond donors (Lipinski definition) is 0. The van der Waals surface area contributed by atoms with Crippen molar-refractivity contribution < 1.29 is 4.79 Å². The summed E-state index contributed by atoms with van der Waals surface area (Å²) in [6.07, 6.45) is 5.58. The molecule has 0 saturated carbocycles. The fourth-order valence-corrected chi connectivity index (χ4v) is 3.10. The minimum atomic E-state index is -0.0861. The predicted molar refractivity (Wildman–Crippen MR) is 81.6 cm³/mol. The second-order valence-corrected chi connectivity index (χ2v) is 6.13. The van der Waals surface area contributed by atoms with Crippen LogP contribution in [0.5, 0.6) is 0 Å². The number of carbonyl (C=O) groups excluding carboxylic acids is 1. The molecule has 22 heavy (non-hydrogen) atoms. The van der Waals surface area contributed by atoms with Gasteiger partial charge in [-0.25, -0.2) is 0 Å². The number of likely N-dealkylation sites (tertiary alicyclic amines) is 1. The zero-order valence-corrected chi connectivity index (χ0v) is 13.5. The second kappa shape index (κ2) is 6.08. The lowest BCUT2D eigenvalue weighted by atomic mass is 9.98. The standard InChI is InChI=1S/C14H19ClN6O/c1-10-12(15)13(17-19(10)2)14(22)20-6-3-4-11(8-20)9-21-7-5-16-18-21/h5,7,11H,3-4,6,8-9H2,1-2H3. The topological polar surface area (TPSA) is 68.8 Å². The van der Waals surface area contributed by atoms with Gasteiger partial charge >= 0.3 is 0 Å². The van der Waals surface area contributed by atoms with Gasteiger partial charge in [0.1, 0.15) is 0 Å². The highest BCUT2D eigenvalue weighted by atomic mass is 35.5. The van der Waals surface area contributed by atoms with Crippen molar-refractivity contribution in [1.29, 1.82) is 0 Å². The third kappa shape index (κ3) is 2.85. The average Bonchev–Trinajstić information content (AvgIpc) is 3.11. The first-order valence-electron chi connectivity index (χ1n) is 7.38. The molecule has 1 aliphatic heterocycles. The van der Waals surface area contributed by atoms with Crippen molar-refractivity contribution in [1.82, 2.24) is 29.7 Å². The van der Waals surface area contributed by atoms with E-state index in [-0.39, 0.29) is 5.91 Å². The molecule has 1 amide bonds. The zero-order chi connectivity index (χ0) is 15.7. The maximum Gasteiger partial charge on any atom is 0.275 e. The molecule has 8 heteroatoms. The third-order valence-electron chi connectivity index (χ3n) is 4.19. The Hall–Kier alpha value is -1.89. The lowest BCUT2D eigenvalue weighted by Gasteiger charge is -2.32. The highest BCUT2D eigenvalue weighted by Gasteiger charge is 2.28. The normalized spacial score (nSPS) is 18.7.